The fourth-order valence-corrected chi connectivity index (χ4v) is 1.24. The van der Waals surface area contributed by atoms with Crippen molar-refractivity contribution < 1.29 is 8.42 Å². The summed E-state index contributed by atoms with van der Waals surface area (Å²) in [7, 11) is -3.73. The van der Waals surface area contributed by atoms with Gasteiger partial charge < -0.3 is 0 Å². The van der Waals surface area contributed by atoms with E-state index in [1.165, 1.54) is 24.3 Å². The van der Waals surface area contributed by atoms with Gasteiger partial charge in [-0.25, -0.2) is 5.14 Å². The minimum atomic E-state index is -3.73. The molecule has 68 valence electrons. The maximum absolute atomic E-state index is 10.6. The summed E-state index contributed by atoms with van der Waals surface area (Å²) in [4.78, 5) is 0. The van der Waals surface area contributed by atoms with E-state index >= 15 is 0 Å². The monoisotopic (exact) mass is 197 g/mol. The van der Waals surface area contributed by atoms with E-state index in [-0.39, 0.29) is 0 Å². The summed E-state index contributed by atoms with van der Waals surface area (Å²) in [5.74, 6) is 0. The molecule has 0 fully saturated rings. The number of anilines is 1. The molecule has 0 aliphatic heterocycles. The second kappa shape index (κ2) is 3.43. The molecule has 3 N–H and O–H groups in total. The molecule has 0 atom stereocenters. The van der Waals surface area contributed by atoms with Crippen LogP contribution in [0.3, 0.4) is 0 Å². The van der Waals surface area contributed by atoms with Crippen molar-refractivity contribution in [3.05, 3.63) is 29.8 Å². The van der Waals surface area contributed by atoms with Gasteiger partial charge in [0.1, 0.15) is 0 Å². The van der Waals surface area contributed by atoms with Gasteiger partial charge in [-0.1, -0.05) is 0 Å². The van der Waals surface area contributed by atoms with Gasteiger partial charge in [0.15, 0.2) is 0 Å². The molecule has 0 aromatic heterocycles. The zero-order chi connectivity index (χ0) is 9.90. The molecule has 1 rings (SSSR count). The van der Waals surface area contributed by atoms with Crippen molar-refractivity contribution in [1.29, 1.82) is 5.26 Å². The molecular weight excluding hydrogens is 190 g/mol. The Bertz CT molecular complexity index is 430. The summed E-state index contributed by atoms with van der Waals surface area (Å²) >= 11 is 0. The number of benzene rings is 1. The lowest BCUT2D eigenvalue weighted by Crippen LogP contribution is -2.21. The quantitative estimate of drug-likeness (QED) is 0.707. The van der Waals surface area contributed by atoms with Crippen LogP contribution in [-0.2, 0) is 10.2 Å². The number of nitrogens with one attached hydrogen (secondary N) is 1. The summed E-state index contributed by atoms with van der Waals surface area (Å²) in [5, 5.41) is 13.2. The summed E-state index contributed by atoms with van der Waals surface area (Å²) in [6.45, 7) is 0. The zero-order valence-corrected chi connectivity index (χ0v) is 7.38. The normalized spacial score (nSPS) is 10.5. The number of hydrogen-bond acceptors (Lipinski definition) is 3. The van der Waals surface area contributed by atoms with Crippen molar-refractivity contribution >= 4 is 15.9 Å². The Hall–Kier alpha value is -1.58. The molecule has 5 nitrogen and oxygen atoms in total. The van der Waals surface area contributed by atoms with Crippen molar-refractivity contribution in [3.63, 3.8) is 0 Å². The van der Waals surface area contributed by atoms with Crippen LogP contribution in [0.4, 0.5) is 5.69 Å². The summed E-state index contributed by atoms with van der Waals surface area (Å²) in [6.07, 6.45) is 0. The molecule has 0 saturated carbocycles. The highest BCUT2D eigenvalue weighted by Crippen LogP contribution is 2.08. The van der Waals surface area contributed by atoms with Gasteiger partial charge in [-0.3, -0.25) is 4.72 Å². The van der Waals surface area contributed by atoms with Gasteiger partial charge in [-0.05, 0) is 24.3 Å². The summed E-state index contributed by atoms with van der Waals surface area (Å²) in [5.41, 5.74) is 0.793. The van der Waals surface area contributed by atoms with Crippen LogP contribution in [0.5, 0.6) is 0 Å². The van der Waals surface area contributed by atoms with Crippen molar-refractivity contribution in [2.45, 2.75) is 0 Å². The van der Waals surface area contributed by atoms with E-state index in [0.717, 1.165) is 0 Å². The molecule has 0 aliphatic rings. The summed E-state index contributed by atoms with van der Waals surface area (Å²) in [6, 6.07) is 7.82. The Balaban J connectivity index is 2.89. The molecule has 0 amide bonds. The second-order valence-electron chi connectivity index (χ2n) is 2.34. The third-order valence-corrected chi connectivity index (χ3v) is 1.79. The van der Waals surface area contributed by atoms with Gasteiger partial charge in [-0.15, -0.1) is 0 Å². The largest absolute Gasteiger partial charge is 0.296 e. The summed E-state index contributed by atoms with van der Waals surface area (Å²) < 4.78 is 23.2. The maximum Gasteiger partial charge on any atom is 0.296 e. The molecule has 0 bridgehead atoms. The molecule has 13 heavy (non-hydrogen) atoms. The van der Waals surface area contributed by atoms with Crippen LogP contribution in [0.2, 0.25) is 0 Å². The highest BCUT2D eigenvalue weighted by atomic mass is 32.2. The smallest absolute Gasteiger partial charge is 0.271 e. The van der Waals surface area contributed by atoms with Gasteiger partial charge >= 0.3 is 0 Å². The van der Waals surface area contributed by atoms with Gasteiger partial charge in [0.2, 0.25) is 0 Å². The molecule has 6 heteroatoms. The average Bonchev–Trinajstić information content (AvgIpc) is 2.03. The molecule has 1 aromatic rings. The first kappa shape index (κ1) is 9.51. The molecule has 0 saturated heterocycles. The van der Waals surface area contributed by atoms with Gasteiger partial charge in [0.25, 0.3) is 10.2 Å². The van der Waals surface area contributed by atoms with E-state index in [0.29, 0.717) is 11.3 Å². The molecule has 0 aliphatic carbocycles. The fourth-order valence-electron chi connectivity index (χ4n) is 0.777. The first-order chi connectivity index (χ1) is 6.01. The van der Waals surface area contributed by atoms with Crippen molar-refractivity contribution in [1.82, 2.24) is 0 Å². The van der Waals surface area contributed by atoms with Crippen LogP contribution in [0, 0.1) is 11.3 Å². The Morgan fingerprint density at radius 3 is 2.23 bits per heavy atom. The highest BCUT2D eigenvalue weighted by Gasteiger charge is 2.00. The Morgan fingerprint density at radius 2 is 1.85 bits per heavy atom. The Labute approximate surface area is 76.0 Å². The third kappa shape index (κ3) is 3.11. The number of rotatable bonds is 2. The Morgan fingerprint density at radius 1 is 1.31 bits per heavy atom. The van der Waals surface area contributed by atoms with Crippen molar-refractivity contribution in [2.75, 3.05) is 4.72 Å². The molecular formula is C7H7N3O2S. The second-order valence-corrected chi connectivity index (χ2v) is 3.63. The van der Waals surface area contributed by atoms with Crippen LogP contribution >= 0.6 is 0 Å². The van der Waals surface area contributed by atoms with Gasteiger partial charge in [-0.2, -0.15) is 13.7 Å². The highest BCUT2D eigenvalue weighted by molar-refractivity contribution is 7.90. The lowest BCUT2D eigenvalue weighted by molar-refractivity contribution is 0.603. The third-order valence-electron chi connectivity index (χ3n) is 1.27. The maximum atomic E-state index is 10.6. The first-order valence-electron chi connectivity index (χ1n) is 3.32. The molecule has 0 spiro atoms. The molecule has 0 heterocycles. The average molecular weight is 197 g/mol. The number of hydrogen-bond donors (Lipinski definition) is 2. The molecule has 0 radical (unpaired) electrons. The molecule has 1 aromatic carbocycles. The lowest BCUT2D eigenvalue weighted by atomic mass is 10.2. The van der Waals surface area contributed by atoms with Crippen LogP contribution in [-0.4, -0.2) is 8.42 Å². The van der Waals surface area contributed by atoms with E-state index in [2.05, 4.69) is 4.72 Å². The SMILES string of the molecule is N#Cc1ccc(NS(N)(=O)=O)cc1. The van der Waals surface area contributed by atoms with E-state index in [4.69, 9.17) is 10.4 Å². The van der Waals surface area contributed by atoms with Crippen LogP contribution in [0.15, 0.2) is 24.3 Å². The van der Waals surface area contributed by atoms with E-state index in [1.807, 2.05) is 6.07 Å². The van der Waals surface area contributed by atoms with E-state index in [1.54, 1.807) is 0 Å². The van der Waals surface area contributed by atoms with Crippen LogP contribution in [0.25, 0.3) is 0 Å². The van der Waals surface area contributed by atoms with Crippen molar-refractivity contribution in [3.8, 4) is 6.07 Å². The van der Waals surface area contributed by atoms with E-state index < -0.39 is 10.2 Å². The molecule has 0 unspecified atom stereocenters. The van der Waals surface area contributed by atoms with Crippen molar-refractivity contribution in [2.24, 2.45) is 5.14 Å². The zero-order valence-electron chi connectivity index (χ0n) is 6.56. The van der Waals surface area contributed by atoms with Gasteiger partial charge in [0, 0.05) is 5.69 Å². The first-order valence-corrected chi connectivity index (χ1v) is 4.86. The van der Waals surface area contributed by atoms with Gasteiger partial charge in [0.05, 0.1) is 11.6 Å². The topological polar surface area (TPSA) is 96.0 Å². The number of nitrogens with two attached hydrogens (primary N) is 1. The predicted molar refractivity (Wildman–Crippen MR) is 47.9 cm³/mol. The minimum absolute atomic E-state index is 0.335. The number of nitriles is 1. The predicted octanol–water partition coefficient (Wildman–Crippen LogP) is 0.174. The number of nitrogens with zero attached hydrogens (tertiary/aromatic N) is 1. The van der Waals surface area contributed by atoms with Crippen LogP contribution in [0.1, 0.15) is 5.56 Å². The Kier molecular flexibility index (Phi) is 2.51. The minimum Gasteiger partial charge on any atom is -0.271 e. The van der Waals surface area contributed by atoms with E-state index in [9.17, 15) is 8.42 Å². The lowest BCUT2D eigenvalue weighted by Gasteiger charge is -2.01. The fraction of sp³-hybridized carbons (Fsp3) is 0. The standard InChI is InChI=1S/C7H7N3O2S/c8-5-6-1-3-7(4-2-6)10-13(9,11)12/h1-4,10H,(H2,9,11,12). The van der Waals surface area contributed by atoms with Crippen LogP contribution < -0.4 is 9.86 Å².